The molecule has 0 aliphatic rings. The van der Waals surface area contributed by atoms with E-state index in [2.05, 4.69) is 16.1 Å². The molecule has 266 valence electrons. The first kappa shape index (κ1) is 38.9. The first-order chi connectivity index (χ1) is 22.1. The van der Waals surface area contributed by atoms with Crippen molar-refractivity contribution in [3.05, 3.63) is 60.2 Å². The third kappa shape index (κ3) is 9.11. The van der Waals surface area contributed by atoms with E-state index in [1.54, 1.807) is 6.07 Å². The lowest BCUT2D eigenvalue weighted by atomic mass is 9.95. The van der Waals surface area contributed by atoms with Gasteiger partial charge >= 0.3 is 36.0 Å². The first-order valence-corrected chi connectivity index (χ1v) is 15.3. The predicted octanol–water partition coefficient (Wildman–Crippen LogP) is 11.0. The number of ether oxygens (including phenoxy) is 3. The number of carbonyl (C=O) groups is 1. The predicted molar refractivity (Wildman–Crippen MR) is 157 cm³/mol. The number of alkyl halides is 11. The molecule has 1 heterocycles. The van der Waals surface area contributed by atoms with Crippen molar-refractivity contribution in [2.24, 2.45) is 0 Å². The molecule has 0 bridgehead atoms. The number of hydrogen-bond acceptors (Lipinski definition) is 5. The van der Waals surface area contributed by atoms with E-state index in [-0.39, 0.29) is 16.9 Å². The molecule has 0 radical (unpaired) electrons. The zero-order valence-electron chi connectivity index (χ0n) is 25.6. The maximum atomic E-state index is 14.4. The Kier molecular flexibility index (Phi) is 12.1. The van der Waals surface area contributed by atoms with Crippen LogP contribution < -0.4 is 9.47 Å². The van der Waals surface area contributed by atoms with Gasteiger partial charge in [-0.05, 0) is 67.1 Å². The quantitative estimate of drug-likeness (QED) is 0.0603. The van der Waals surface area contributed by atoms with Crippen LogP contribution in [0.4, 0.5) is 48.3 Å². The van der Waals surface area contributed by atoms with E-state index in [0.29, 0.717) is 26.9 Å². The zero-order valence-corrected chi connectivity index (χ0v) is 26.4. The average molecular weight is 721 g/mol. The highest BCUT2D eigenvalue weighted by Gasteiger charge is 2.79. The summed E-state index contributed by atoms with van der Waals surface area (Å²) in [6.45, 7) is 3.44. The molecule has 0 fully saturated rings. The lowest BCUT2D eigenvalue weighted by molar-refractivity contribution is -0.368. The fourth-order valence-electron chi connectivity index (χ4n) is 4.41. The second-order valence-corrected chi connectivity index (χ2v) is 12.1. The number of fused-ring (bicyclic) bond motifs is 1. The summed E-state index contributed by atoms with van der Waals surface area (Å²) in [4.78, 5) is 11.6. The lowest BCUT2D eigenvalue weighted by Gasteiger charge is -2.36. The molecule has 0 amide bonds. The van der Waals surface area contributed by atoms with Gasteiger partial charge in [-0.25, -0.2) is 4.79 Å². The molecule has 0 aliphatic carbocycles. The molecule has 0 saturated heterocycles. The third-order valence-electron chi connectivity index (χ3n) is 7.09. The molecular weight excluding hydrogens is 689 g/mol. The maximum absolute atomic E-state index is 14.4. The Morgan fingerprint density at radius 3 is 2.02 bits per heavy atom. The molecular formula is C32H31F11O4S. The number of hydrogen-bond donors (Lipinski definition) is 0. The summed E-state index contributed by atoms with van der Waals surface area (Å²) >= 11 is 0.977. The molecule has 0 saturated carbocycles. The molecule has 0 aliphatic heterocycles. The number of unbranched alkanes of at least 4 members (excludes halogenated alkanes) is 2. The Morgan fingerprint density at radius 1 is 0.812 bits per heavy atom. The van der Waals surface area contributed by atoms with Crippen LogP contribution in [0.3, 0.4) is 0 Å². The van der Waals surface area contributed by atoms with Crippen LogP contribution in [0.2, 0.25) is 0 Å². The molecule has 3 rings (SSSR count). The number of aryl methyl sites for hydroxylation is 1. The summed E-state index contributed by atoms with van der Waals surface area (Å²) in [5, 5.41) is 0.486. The van der Waals surface area contributed by atoms with Crippen molar-refractivity contribution in [1.29, 1.82) is 0 Å². The Balaban J connectivity index is 1.74. The Morgan fingerprint density at radius 2 is 1.44 bits per heavy atom. The second kappa shape index (κ2) is 14.9. The van der Waals surface area contributed by atoms with E-state index in [4.69, 9.17) is 4.74 Å². The minimum Gasteiger partial charge on any atom is -0.493 e. The molecule has 0 spiro atoms. The van der Waals surface area contributed by atoms with Gasteiger partial charge in [-0.1, -0.05) is 32.4 Å². The maximum Gasteiger partial charge on any atom is 0.573 e. The number of halogens is 11. The minimum absolute atomic E-state index is 0.115. The normalized spacial score (nSPS) is 13.1. The number of thiophene rings is 1. The standard InChI is InChI=1S/C32H31F11O4S/c1-4-5-6-7-20-8-11-23(24(16-20)47-32(41,42)43)26-17-21-9-10-22(18-25(21)48-26)45-14-12-28(33,34)30(37,38)31(39,40)29(35,36)13-15-46-27(44)19(2)3/h8-11,16-18H,2,4-7,12-15H2,1,3H3. The second-order valence-electron chi connectivity index (χ2n) is 11.0. The topological polar surface area (TPSA) is 44.8 Å². The molecule has 2 aromatic carbocycles. The third-order valence-corrected chi connectivity index (χ3v) is 8.22. The SMILES string of the molecule is C=C(C)C(=O)OCCC(F)(F)C(F)(F)C(F)(F)C(F)(F)CCOc1ccc2cc(-c3ccc(CCCCC)cc3OC(F)(F)F)sc2c1. The Bertz CT molecular complexity index is 1580. The van der Waals surface area contributed by atoms with Crippen molar-refractivity contribution in [2.75, 3.05) is 13.2 Å². The summed E-state index contributed by atoms with van der Waals surface area (Å²) in [6.07, 6.45) is -6.14. The molecule has 0 N–H and O–H groups in total. The van der Waals surface area contributed by atoms with Gasteiger partial charge in [0.2, 0.25) is 0 Å². The van der Waals surface area contributed by atoms with Gasteiger partial charge in [-0.3, -0.25) is 0 Å². The summed E-state index contributed by atoms with van der Waals surface area (Å²) in [6, 6.07) is 9.85. The van der Waals surface area contributed by atoms with E-state index in [1.165, 1.54) is 36.4 Å². The smallest absolute Gasteiger partial charge is 0.493 e. The molecule has 48 heavy (non-hydrogen) atoms. The van der Waals surface area contributed by atoms with E-state index in [1.807, 2.05) is 6.92 Å². The fourth-order valence-corrected chi connectivity index (χ4v) is 5.53. The Labute approximate surface area is 272 Å². The lowest BCUT2D eigenvalue weighted by Crippen LogP contribution is -2.62. The van der Waals surface area contributed by atoms with Crippen LogP contribution >= 0.6 is 11.3 Å². The van der Waals surface area contributed by atoms with Crippen molar-refractivity contribution in [3.8, 4) is 21.9 Å². The number of rotatable bonds is 17. The van der Waals surface area contributed by atoms with Crippen LogP contribution in [0.1, 0.15) is 51.5 Å². The van der Waals surface area contributed by atoms with Gasteiger partial charge < -0.3 is 14.2 Å². The minimum atomic E-state index is -6.55. The van der Waals surface area contributed by atoms with E-state index >= 15 is 0 Å². The van der Waals surface area contributed by atoms with Crippen molar-refractivity contribution in [1.82, 2.24) is 0 Å². The Hall–Kier alpha value is -3.56. The highest BCUT2D eigenvalue weighted by molar-refractivity contribution is 7.22. The number of esters is 1. The molecule has 16 heteroatoms. The van der Waals surface area contributed by atoms with Crippen molar-refractivity contribution < 1.29 is 67.3 Å². The van der Waals surface area contributed by atoms with Crippen LogP contribution in [-0.4, -0.2) is 49.2 Å². The first-order valence-electron chi connectivity index (χ1n) is 14.5. The van der Waals surface area contributed by atoms with Gasteiger partial charge in [-0.2, -0.15) is 35.1 Å². The van der Waals surface area contributed by atoms with Crippen LogP contribution in [-0.2, 0) is 16.0 Å². The zero-order chi connectivity index (χ0) is 36.1. The van der Waals surface area contributed by atoms with Crippen molar-refractivity contribution in [3.63, 3.8) is 0 Å². The van der Waals surface area contributed by atoms with E-state index in [0.717, 1.165) is 37.5 Å². The summed E-state index contributed by atoms with van der Waals surface area (Å²) in [7, 11) is 0. The van der Waals surface area contributed by atoms with Crippen molar-refractivity contribution >= 4 is 27.4 Å². The van der Waals surface area contributed by atoms with Crippen LogP contribution in [0.25, 0.3) is 20.5 Å². The summed E-state index contributed by atoms with van der Waals surface area (Å²) in [5.41, 5.74) is 0.452. The van der Waals surface area contributed by atoms with Gasteiger partial charge in [0.05, 0.1) is 26.1 Å². The molecule has 3 aromatic rings. The number of benzene rings is 2. The van der Waals surface area contributed by atoms with Crippen LogP contribution in [0.5, 0.6) is 11.5 Å². The molecule has 4 nitrogen and oxygen atoms in total. The van der Waals surface area contributed by atoms with Crippen molar-refractivity contribution in [2.45, 2.75) is 82.4 Å². The molecule has 1 aromatic heterocycles. The summed E-state index contributed by atoms with van der Waals surface area (Å²) < 4.78 is 167. The van der Waals surface area contributed by atoms with Gasteiger partial charge in [0.15, 0.2) is 0 Å². The van der Waals surface area contributed by atoms with Gasteiger partial charge in [0.25, 0.3) is 0 Å². The van der Waals surface area contributed by atoms with E-state index < -0.39 is 67.8 Å². The highest BCUT2D eigenvalue weighted by Crippen LogP contribution is 2.54. The highest BCUT2D eigenvalue weighted by atomic mass is 32.1. The van der Waals surface area contributed by atoms with Gasteiger partial charge in [0.1, 0.15) is 11.5 Å². The monoisotopic (exact) mass is 720 g/mol. The largest absolute Gasteiger partial charge is 0.573 e. The van der Waals surface area contributed by atoms with Gasteiger partial charge in [0, 0.05) is 20.7 Å². The van der Waals surface area contributed by atoms with Crippen LogP contribution in [0.15, 0.2) is 54.6 Å². The fraction of sp³-hybridized carbons (Fsp3) is 0.469. The number of carbonyl (C=O) groups excluding carboxylic acids is 1. The van der Waals surface area contributed by atoms with Crippen LogP contribution in [0, 0.1) is 0 Å². The summed E-state index contributed by atoms with van der Waals surface area (Å²) in [5.74, 6) is -26.4. The average Bonchev–Trinajstić information content (AvgIpc) is 3.39. The molecule has 0 atom stereocenters. The molecule has 0 unspecified atom stereocenters. The van der Waals surface area contributed by atoms with Gasteiger partial charge in [-0.15, -0.1) is 24.5 Å². The van der Waals surface area contributed by atoms with E-state index in [9.17, 15) is 53.1 Å².